The van der Waals surface area contributed by atoms with Gasteiger partial charge in [-0.15, -0.1) is 0 Å². The summed E-state index contributed by atoms with van der Waals surface area (Å²) in [6, 6.07) is 8.29. The van der Waals surface area contributed by atoms with Crippen molar-refractivity contribution >= 4 is 11.6 Å². The molecule has 2 aromatic rings. The summed E-state index contributed by atoms with van der Waals surface area (Å²) in [5.41, 5.74) is 2.51. The number of para-hydroxylation sites is 1. The van der Waals surface area contributed by atoms with Crippen molar-refractivity contribution in [3.63, 3.8) is 0 Å². The van der Waals surface area contributed by atoms with E-state index in [4.69, 9.17) is 9.26 Å². The molecule has 1 fully saturated rings. The van der Waals surface area contributed by atoms with Crippen LogP contribution in [0.3, 0.4) is 0 Å². The first kappa shape index (κ1) is 15.3. The number of aryl methyl sites for hydroxylation is 1. The van der Waals surface area contributed by atoms with Crippen molar-refractivity contribution in [1.29, 1.82) is 0 Å². The van der Waals surface area contributed by atoms with Crippen molar-refractivity contribution in [3.8, 4) is 0 Å². The Morgan fingerprint density at radius 2 is 2.12 bits per heavy atom. The number of hydrogen-bond donors (Lipinski definition) is 0. The molecular formula is C18H21N3O3. The quantitative estimate of drug-likeness (QED) is 0.864. The molecule has 1 spiro atoms. The molecule has 6 nitrogen and oxygen atoms in total. The molecule has 0 N–H and O–H groups in total. The zero-order valence-corrected chi connectivity index (χ0v) is 13.8. The van der Waals surface area contributed by atoms with Gasteiger partial charge in [0, 0.05) is 17.6 Å². The lowest BCUT2D eigenvalue weighted by Crippen LogP contribution is -2.37. The number of aromatic nitrogens is 2. The van der Waals surface area contributed by atoms with Gasteiger partial charge in [0.15, 0.2) is 5.82 Å². The lowest BCUT2D eigenvalue weighted by molar-refractivity contribution is -0.123. The van der Waals surface area contributed by atoms with E-state index >= 15 is 0 Å². The fourth-order valence-corrected chi connectivity index (χ4v) is 4.03. The van der Waals surface area contributed by atoms with Crippen molar-refractivity contribution in [2.24, 2.45) is 0 Å². The van der Waals surface area contributed by atoms with E-state index < -0.39 is 0 Å². The summed E-state index contributed by atoms with van der Waals surface area (Å²) < 4.78 is 10.5. The van der Waals surface area contributed by atoms with Crippen LogP contribution in [0.4, 0.5) is 5.69 Å². The highest BCUT2D eigenvalue weighted by Gasteiger charge is 2.45. The Hall–Kier alpha value is -2.21. The molecule has 2 heterocycles. The van der Waals surface area contributed by atoms with E-state index in [1.807, 2.05) is 17.0 Å². The smallest absolute Gasteiger partial charge is 0.253 e. The second kappa shape index (κ2) is 6.02. The number of amides is 1. The molecule has 1 aliphatic heterocycles. The van der Waals surface area contributed by atoms with Crippen LogP contribution in [-0.2, 0) is 21.6 Å². The molecule has 6 heteroatoms. The zero-order chi connectivity index (χ0) is 16.6. The molecule has 0 bridgehead atoms. The Kier molecular flexibility index (Phi) is 3.84. The zero-order valence-electron chi connectivity index (χ0n) is 13.8. The van der Waals surface area contributed by atoms with Gasteiger partial charge in [-0.1, -0.05) is 36.2 Å². The summed E-state index contributed by atoms with van der Waals surface area (Å²) in [6.45, 7) is 2.70. The largest absolute Gasteiger partial charge is 0.362 e. The average Bonchev–Trinajstić information content (AvgIpc) is 3.29. The molecule has 2 aliphatic rings. The molecule has 0 unspecified atom stereocenters. The van der Waals surface area contributed by atoms with Crippen LogP contribution in [0.5, 0.6) is 0 Å². The topological polar surface area (TPSA) is 68.5 Å². The van der Waals surface area contributed by atoms with Gasteiger partial charge in [0.25, 0.3) is 11.8 Å². The number of nitrogens with zero attached hydrogens (tertiary/aromatic N) is 3. The number of ether oxygens (including phenoxy) is 1. The van der Waals surface area contributed by atoms with Crippen LogP contribution in [-0.4, -0.2) is 29.2 Å². The van der Waals surface area contributed by atoms with Crippen LogP contribution in [0, 0.1) is 6.92 Å². The molecule has 0 radical (unpaired) electrons. The maximum Gasteiger partial charge on any atom is 0.253 e. The lowest BCUT2D eigenvalue weighted by Gasteiger charge is -2.24. The first-order valence-corrected chi connectivity index (χ1v) is 8.45. The second-order valence-electron chi connectivity index (χ2n) is 6.71. The summed E-state index contributed by atoms with van der Waals surface area (Å²) in [6.07, 6.45) is 4.80. The second-order valence-corrected chi connectivity index (χ2v) is 6.71. The summed E-state index contributed by atoms with van der Waals surface area (Å²) in [5, 5.41) is 3.71. The lowest BCUT2D eigenvalue weighted by atomic mass is 9.81. The van der Waals surface area contributed by atoms with Gasteiger partial charge in [-0.2, -0.15) is 4.98 Å². The van der Waals surface area contributed by atoms with Crippen molar-refractivity contribution < 1.29 is 14.1 Å². The highest BCUT2D eigenvalue weighted by molar-refractivity contribution is 5.97. The van der Waals surface area contributed by atoms with E-state index in [9.17, 15) is 4.79 Å². The van der Waals surface area contributed by atoms with Gasteiger partial charge in [0.05, 0.1) is 0 Å². The van der Waals surface area contributed by atoms with Crippen LogP contribution in [0.15, 0.2) is 28.8 Å². The molecule has 0 atom stereocenters. The minimum absolute atomic E-state index is 0.0116. The Morgan fingerprint density at radius 1 is 1.33 bits per heavy atom. The number of hydrogen-bond acceptors (Lipinski definition) is 5. The predicted octanol–water partition coefficient (Wildman–Crippen LogP) is 2.75. The summed E-state index contributed by atoms with van der Waals surface area (Å²) in [4.78, 5) is 18.6. The molecule has 126 valence electrons. The summed E-state index contributed by atoms with van der Waals surface area (Å²) >= 11 is 0. The number of carbonyl (C=O) groups is 1. The van der Waals surface area contributed by atoms with Gasteiger partial charge < -0.3 is 14.2 Å². The number of carbonyl (C=O) groups excluding carboxylic acids is 1. The SMILES string of the molecule is Cc1noc(COCC(=O)N2CC3(CCCC3)c3ccccc32)n1. The number of benzene rings is 1. The van der Waals surface area contributed by atoms with E-state index in [0.717, 1.165) is 25.1 Å². The van der Waals surface area contributed by atoms with Gasteiger partial charge in [0.2, 0.25) is 0 Å². The van der Waals surface area contributed by atoms with Crippen molar-refractivity contribution in [2.45, 2.75) is 44.6 Å². The molecule has 24 heavy (non-hydrogen) atoms. The molecule has 0 saturated heterocycles. The number of fused-ring (bicyclic) bond motifs is 2. The van der Waals surface area contributed by atoms with Crippen molar-refractivity contribution in [3.05, 3.63) is 41.5 Å². The minimum Gasteiger partial charge on any atom is -0.362 e. The van der Waals surface area contributed by atoms with Gasteiger partial charge in [0.1, 0.15) is 13.2 Å². The van der Waals surface area contributed by atoms with E-state index in [1.165, 1.54) is 18.4 Å². The molecule has 1 saturated carbocycles. The van der Waals surface area contributed by atoms with Crippen molar-refractivity contribution in [2.75, 3.05) is 18.1 Å². The average molecular weight is 327 g/mol. The first-order chi connectivity index (χ1) is 11.7. The van der Waals surface area contributed by atoms with Crippen molar-refractivity contribution in [1.82, 2.24) is 10.1 Å². The first-order valence-electron chi connectivity index (χ1n) is 8.45. The maximum absolute atomic E-state index is 12.7. The molecule has 4 rings (SSSR count). The Balaban J connectivity index is 1.45. The van der Waals surface area contributed by atoms with Crippen LogP contribution in [0.1, 0.15) is 43.0 Å². The van der Waals surface area contributed by atoms with Gasteiger partial charge in [-0.3, -0.25) is 4.79 Å². The van der Waals surface area contributed by atoms with Crippen LogP contribution in [0.2, 0.25) is 0 Å². The van der Waals surface area contributed by atoms with E-state index in [2.05, 4.69) is 22.3 Å². The van der Waals surface area contributed by atoms with Gasteiger partial charge >= 0.3 is 0 Å². The Labute approximate surface area is 140 Å². The summed E-state index contributed by atoms with van der Waals surface area (Å²) in [7, 11) is 0. The number of rotatable bonds is 4. The highest BCUT2D eigenvalue weighted by atomic mass is 16.5. The monoisotopic (exact) mass is 327 g/mol. The fourth-order valence-electron chi connectivity index (χ4n) is 4.03. The summed E-state index contributed by atoms with van der Waals surface area (Å²) in [5.74, 6) is 0.952. The molecule has 1 aromatic heterocycles. The van der Waals surface area contributed by atoms with E-state index in [1.54, 1.807) is 6.92 Å². The normalized spacial score (nSPS) is 18.3. The fraction of sp³-hybridized carbons (Fsp3) is 0.500. The third-order valence-electron chi connectivity index (χ3n) is 5.11. The predicted molar refractivity (Wildman–Crippen MR) is 87.6 cm³/mol. The third-order valence-corrected chi connectivity index (χ3v) is 5.11. The van der Waals surface area contributed by atoms with Gasteiger partial charge in [-0.25, -0.2) is 0 Å². The van der Waals surface area contributed by atoms with E-state index in [-0.39, 0.29) is 24.5 Å². The van der Waals surface area contributed by atoms with Crippen LogP contribution in [0.25, 0.3) is 0 Å². The molecular weight excluding hydrogens is 306 g/mol. The Bertz CT molecular complexity index is 749. The molecule has 1 aliphatic carbocycles. The van der Waals surface area contributed by atoms with Crippen LogP contribution < -0.4 is 4.90 Å². The number of anilines is 1. The standard InChI is InChI=1S/C18H21N3O3/c1-13-19-16(24-20-13)10-23-11-17(22)21-12-18(8-4-5-9-18)14-6-2-3-7-15(14)21/h2-3,6-7H,4-5,8-12H2,1H3. The maximum atomic E-state index is 12.7. The van der Waals surface area contributed by atoms with Gasteiger partial charge in [-0.05, 0) is 31.4 Å². The highest BCUT2D eigenvalue weighted by Crippen LogP contribution is 2.50. The molecule has 1 amide bonds. The van der Waals surface area contributed by atoms with Crippen LogP contribution >= 0.6 is 0 Å². The molecule has 1 aromatic carbocycles. The minimum atomic E-state index is -0.0116. The Morgan fingerprint density at radius 3 is 2.88 bits per heavy atom. The third kappa shape index (κ3) is 2.60. The van der Waals surface area contributed by atoms with E-state index in [0.29, 0.717) is 11.7 Å².